The van der Waals surface area contributed by atoms with Crippen molar-refractivity contribution >= 4 is 21.6 Å². The number of nitrogens with zero attached hydrogens (tertiary/aromatic N) is 3. The maximum absolute atomic E-state index is 12.2. The monoisotopic (exact) mass is 318 g/mol. The van der Waals surface area contributed by atoms with E-state index in [2.05, 4.69) is 14.6 Å². The van der Waals surface area contributed by atoms with Crippen LogP contribution in [0.2, 0.25) is 5.15 Å². The van der Waals surface area contributed by atoms with Crippen LogP contribution < -0.4 is 4.72 Å². The summed E-state index contributed by atoms with van der Waals surface area (Å²) in [5.41, 5.74) is 0. The molecule has 1 aromatic heterocycles. The number of hydrogen-bond donors (Lipinski definition) is 1. The molecule has 112 valence electrons. The Labute approximate surface area is 124 Å². The number of likely N-dealkylation sites (tertiary alicyclic amines) is 1. The number of imidazole rings is 1. The van der Waals surface area contributed by atoms with Gasteiger partial charge in [0.1, 0.15) is 5.15 Å². The first kappa shape index (κ1) is 14.3. The van der Waals surface area contributed by atoms with Gasteiger partial charge in [-0.3, -0.25) is 0 Å². The fraction of sp³-hybridized carbons (Fsp3) is 0.750. The largest absolute Gasteiger partial charge is 0.324 e. The summed E-state index contributed by atoms with van der Waals surface area (Å²) in [7, 11) is -1.95. The van der Waals surface area contributed by atoms with Crippen LogP contribution in [0.5, 0.6) is 0 Å². The molecule has 1 N–H and O–H groups in total. The van der Waals surface area contributed by atoms with Crippen LogP contribution in [0, 0.1) is 5.92 Å². The van der Waals surface area contributed by atoms with Crippen LogP contribution in [0.3, 0.4) is 0 Å². The van der Waals surface area contributed by atoms with Gasteiger partial charge in [-0.15, -0.1) is 0 Å². The summed E-state index contributed by atoms with van der Waals surface area (Å²) in [6, 6.07) is 0.752. The fourth-order valence-electron chi connectivity index (χ4n) is 2.67. The molecule has 1 saturated carbocycles. The molecule has 0 unspecified atom stereocenters. The molecule has 0 spiro atoms. The lowest BCUT2D eigenvalue weighted by Gasteiger charge is -2.15. The van der Waals surface area contributed by atoms with E-state index in [1.807, 2.05) is 0 Å². The summed E-state index contributed by atoms with van der Waals surface area (Å²) in [5.74, 6) is 0.382. The Morgan fingerprint density at radius 2 is 2.20 bits per heavy atom. The second kappa shape index (κ2) is 5.29. The molecule has 1 aliphatic carbocycles. The third-order valence-electron chi connectivity index (χ3n) is 4.03. The Balaban J connectivity index is 1.59. The molecule has 1 aliphatic heterocycles. The van der Waals surface area contributed by atoms with Crippen molar-refractivity contribution in [1.29, 1.82) is 0 Å². The van der Waals surface area contributed by atoms with Crippen LogP contribution in [-0.4, -0.2) is 48.5 Å². The van der Waals surface area contributed by atoms with Gasteiger partial charge in [0.2, 0.25) is 5.03 Å². The zero-order valence-corrected chi connectivity index (χ0v) is 13.0. The average molecular weight is 319 g/mol. The SMILES string of the molecule is Cn1cnc(S(=O)(=O)NC[C@@H]2CCN(C3CC3)C2)c1Cl. The summed E-state index contributed by atoms with van der Waals surface area (Å²) in [6.07, 6.45) is 5.04. The highest BCUT2D eigenvalue weighted by atomic mass is 35.5. The minimum absolute atomic E-state index is 0.0845. The highest BCUT2D eigenvalue weighted by molar-refractivity contribution is 7.89. The van der Waals surface area contributed by atoms with E-state index in [0.717, 1.165) is 25.6 Å². The van der Waals surface area contributed by atoms with E-state index in [9.17, 15) is 8.42 Å². The normalized spacial score (nSPS) is 24.4. The van der Waals surface area contributed by atoms with Gasteiger partial charge < -0.3 is 9.47 Å². The van der Waals surface area contributed by atoms with Gasteiger partial charge in [0, 0.05) is 26.2 Å². The molecular weight excluding hydrogens is 300 g/mol. The predicted molar refractivity (Wildman–Crippen MR) is 76.1 cm³/mol. The van der Waals surface area contributed by atoms with E-state index < -0.39 is 10.0 Å². The molecule has 20 heavy (non-hydrogen) atoms. The zero-order valence-electron chi connectivity index (χ0n) is 11.4. The summed E-state index contributed by atoms with van der Waals surface area (Å²) in [6.45, 7) is 2.53. The van der Waals surface area contributed by atoms with E-state index in [4.69, 9.17) is 11.6 Å². The van der Waals surface area contributed by atoms with Crippen molar-refractivity contribution < 1.29 is 8.42 Å². The van der Waals surface area contributed by atoms with Crippen molar-refractivity contribution in [3.8, 4) is 0 Å². The molecule has 2 heterocycles. The third kappa shape index (κ3) is 2.86. The van der Waals surface area contributed by atoms with Gasteiger partial charge in [0.25, 0.3) is 10.0 Å². The van der Waals surface area contributed by atoms with Crippen molar-refractivity contribution in [2.45, 2.75) is 30.3 Å². The lowest BCUT2D eigenvalue weighted by Crippen LogP contribution is -2.31. The standard InChI is InChI=1S/C12H19ClN4O2S/c1-16-8-14-12(11(16)13)20(18,19)15-6-9-4-5-17(7-9)10-2-3-10/h8-10,15H,2-7H2,1H3/t9-/m0/s1. The Morgan fingerprint density at radius 3 is 2.80 bits per heavy atom. The quantitative estimate of drug-likeness (QED) is 0.873. The average Bonchev–Trinajstić information content (AvgIpc) is 3.05. The van der Waals surface area contributed by atoms with Gasteiger partial charge in [0.05, 0.1) is 6.33 Å². The molecule has 1 aromatic rings. The van der Waals surface area contributed by atoms with Crippen molar-refractivity contribution in [2.75, 3.05) is 19.6 Å². The van der Waals surface area contributed by atoms with E-state index in [0.29, 0.717) is 12.5 Å². The fourth-order valence-corrected chi connectivity index (χ4v) is 4.21. The smallest absolute Gasteiger partial charge is 0.261 e. The molecule has 0 amide bonds. The molecule has 3 rings (SSSR count). The van der Waals surface area contributed by atoms with Crippen LogP contribution in [0.15, 0.2) is 11.4 Å². The Hall–Kier alpha value is -0.630. The predicted octanol–water partition coefficient (Wildman–Crippen LogP) is 0.836. The second-order valence-electron chi connectivity index (χ2n) is 5.68. The Morgan fingerprint density at radius 1 is 1.45 bits per heavy atom. The number of sulfonamides is 1. The van der Waals surface area contributed by atoms with Crippen molar-refractivity contribution in [3.05, 3.63) is 11.5 Å². The summed E-state index contributed by atoms with van der Waals surface area (Å²) >= 11 is 5.93. The molecule has 2 fully saturated rings. The van der Waals surface area contributed by atoms with Gasteiger partial charge in [-0.2, -0.15) is 0 Å². The van der Waals surface area contributed by atoms with Crippen LogP contribution in [-0.2, 0) is 17.1 Å². The van der Waals surface area contributed by atoms with Crippen LogP contribution in [0.4, 0.5) is 0 Å². The lowest BCUT2D eigenvalue weighted by molar-refractivity contribution is 0.314. The van der Waals surface area contributed by atoms with Crippen LogP contribution in [0.25, 0.3) is 0 Å². The van der Waals surface area contributed by atoms with Crippen LogP contribution in [0.1, 0.15) is 19.3 Å². The van der Waals surface area contributed by atoms with E-state index in [1.54, 1.807) is 7.05 Å². The maximum atomic E-state index is 12.2. The summed E-state index contributed by atoms with van der Waals surface area (Å²) < 4.78 is 28.5. The lowest BCUT2D eigenvalue weighted by atomic mass is 10.1. The molecule has 6 nitrogen and oxygen atoms in total. The van der Waals surface area contributed by atoms with Gasteiger partial charge in [0.15, 0.2) is 0 Å². The first-order valence-corrected chi connectivity index (χ1v) is 8.74. The molecule has 0 bridgehead atoms. The number of aromatic nitrogens is 2. The molecule has 2 aliphatic rings. The molecule has 0 radical (unpaired) electrons. The molecular formula is C12H19ClN4O2S. The van der Waals surface area contributed by atoms with E-state index in [-0.39, 0.29) is 10.2 Å². The van der Waals surface area contributed by atoms with Crippen molar-refractivity contribution in [3.63, 3.8) is 0 Å². The maximum Gasteiger partial charge on any atom is 0.261 e. The van der Waals surface area contributed by atoms with Crippen molar-refractivity contribution in [2.24, 2.45) is 13.0 Å². The minimum Gasteiger partial charge on any atom is -0.324 e. The highest BCUT2D eigenvalue weighted by Crippen LogP contribution is 2.31. The highest BCUT2D eigenvalue weighted by Gasteiger charge is 2.34. The summed E-state index contributed by atoms with van der Waals surface area (Å²) in [4.78, 5) is 6.32. The topological polar surface area (TPSA) is 67.2 Å². The van der Waals surface area contributed by atoms with Gasteiger partial charge in [-0.1, -0.05) is 11.6 Å². The number of rotatable bonds is 5. The van der Waals surface area contributed by atoms with E-state index in [1.165, 1.54) is 23.7 Å². The zero-order chi connectivity index (χ0) is 14.3. The first-order valence-electron chi connectivity index (χ1n) is 6.88. The molecule has 1 saturated heterocycles. The van der Waals surface area contributed by atoms with Crippen molar-refractivity contribution in [1.82, 2.24) is 19.2 Å². The van der Waals surface area contributed by atoms with Gasteiger partial charge in [-0.25, -0.2) is 18.1 Å². The number of hydrogen-bond acceptors (Lipinski definition) is 4. The molecule has 8 heteroatoms. The van der Waals surface area contributed by atoms with Gasteiger partial charge in [-0.05, 0) is 31.7 Å². The Kier molecular flexibility index (Phi) is 3.79. The number of nitrogens with one attached hydrogen (secondary N) is 1. The molecule has 0 aromatic carbocycles. The van der Waals surface area contributed by atoms with Gasteiger partial charge >= 0.3 is 0 Å². The summed E-state index contributed by atoms with van der Waals surface area (Å²) in [5, 5.41) is 0.0576. The Bertz CT molecular complexity index is 597. The minimum atomic E-state index is -3.61. The molecule has 1 atom stereocenters. The third-order valence-corrected chi connectivity index (χ3v) is 5.94. The first-order chi connectivity index (χ1) is 9.47. The number of halogens is 1. The van der Waals surface area contributed by atoms with E-state index >= 15 is 0 Å². The number of aryl methyl sites for hydroxylation is 1. The van der Waals surface area contributed by atoms with Crippen LogP contribution >= 0.6 is 11.6 Å². The second-order valence-corrected chi connectivity index (χ2v) is 7.72.